The fraction of sp³-hybridized carbons (Fsp3) is 0.120. The van der Waals surface area contributed by atoms with Crippen LogP contribution in [0.2, 0.25) is 0 Å². The van der Waals surface area contributed by atoms with Crippen molar-refractivity contribution in [3.63, 3.8) is 0 Å². The summed E-state index contributed by atoms with van der Waals surface area (Å²) in [4.78, 5) is 18.6. The number of anilines is 1. The lowest BCUT2D eigenvalue weighted by Crippen LogP contribution is -2.04. The first kappa shape index (κ1) is 19.7. The molecule has 5 rings (SSSR count). The summed E-state index contributed by atoms with van der Waals surface area (Å²) in [5.41, 5.74) is 5.53. The Hall–Kier alpha value is -4.26. The number of aromatic nitrogens is 5. The maximum atomic E-state index is 5.22. The van der Waals surface area contributed by atoms with Gasteiger partial charge in [0.05, 0.1) is 12.8 Å². The zero-order chi connectivity index (χ0) is 21.9. The maximum Gasteiger partial charge on any atom is 0.235 e. The molecule has 32 heavy (non-hydrogen) atoms. The summed E-state index contributed by atoms with van der Waals surface area (Å²) >= 11 is 0. The van der Waals surface area contributed by atoms with Crippen molar-refractivity contribution in [3.8, 4) is 28.4 Å². The van der Waals surface area contributed by atoms with Crippen molar-refractivity contribution in [3.05, 3.63) is 90.4 Å². The van der Waals surface area contributed by atoms with E-state index in [2.05, 4.69) is 15.3 Å². The van der Waals surface area contributed by atoms with Crippen LogP contribution in [0.25, 0.3) is 28.4 Å². The summed E-state index contributed by atoms with van der Waals surface area (Å²) in [6.45, 7) is 2.56. The van der Waals surface area contributed by atoms with E-state index in [-0.39, 0.29) is 0 Å². The molecule has 7 nitrogen and oxygen atoms in total. The number of imidazole rings is 1. The minimum Gasteiger partial charge on any atom is -0.497 e. The Balaban J connectivity index is 1.52. The van der Waals surface area contributed by atoms with Crippen LogP contribution >= 0.6 is 0 Å². The number of aryl methyl sites for hydroxylation is 1. The molecule has 0 spiro atoms. The lowest BCUT2D eigenvalue weighted by atomic mass is 10.1. The van der Waals surface area contributed by atoms with Crippen molar-refractivity contribution in [2.24, 2.45) is 0 Å². The number of hydrogen-bond acceptors (Lipinski definition) is 6. The third kappa shape index (κ3) is 3.88. The van der Waals surface area contributed by atoms with Crippen molar-refractivity contribution in [1.29, 1.82) is 0 Å². The molecule has 3 heterocycles. The van der Waals surface area contributed by atoms with Gasteiger partial charge in [-0.15, -0.1) is 0 Å². The quantitative estimate of drug-likeness (QED) is 0.424. The van der Waals surface area contributed by atoms with Crippen molar-refractivity contribution in [2.45, 2.75) is 13.5 Å². The van der Waals surface area contributed by atoms with E-state index in [0.717, 1.165) is 39.7 Å². The van der Waals surface area contributed by atoms with Crippen molar-refractivity contribution >= 4 is 11.7 Å². The fourth-order valence-electron chi connectivity index (χ4n) is 3.56. The predicted octanol–water partition coefficient (Wildman–Crippen LogP) is 4.78. The molecule has 0 atom stereocenters. The van der Waals surface area contributed by atoms with Gasteiger partial charge in [0.15, 0.2) is 0 Å². The first-order valence-electron chi connectivity index (χ1n) is 10.3. The molecule has 5 aromatic rings. The van der Waals surface area contributed by atoms with Crippen LogP contribution < -0.4 is 10.1 Å². The van der Waals surface area contributed by atoms with Crippen LogP contribution in [0.15, 0.2) is 79.1 Å². The molecule has 1 N–H and O–H groups in total. The minimum absolute atomic E-state index is 0.548. The standard InChI is InChI=1S/C25H22N6O/c1-17-13-15-31-23(22(30-25(31)28-17)19-6-4-3-5-7-19)21-12-14-26-24(29-21)27-16-18-8-10-20(32-2)11-9-18/h3-15H,16H2,1-2H3,(H,26,27,29). The summed E-state index contributed by atoms with van der Waals surface area (Å²) in [5.74, 6) is 2.02. The van der Waals surface area contributed by atoms with Crippen LogP contribution in [-0.2, 0) is 6.54 Å². The molecular formula is C25H22N6O. The summed E-state index contributed by atoms with van der Waals surface area (Å²) < 4.78 is 7.20. The summed E-state index contributed by atoms with van der Waals surface area (Å²) in [7, 11) is 1.66. The molecular weight excluding hydrogens is 400 g/mol. The number of nitrogens with one attached hydrogen (secondary N) is 1. The van der Waals surface area contributed by atoms with Gasteiger partial charge in [-0.1, -0.05) is 42.5 Å². The van der Waals surface area contributed by atoms with Crippen LogP contribution in [0.5, 0.6) is 5.75 Å². The van der Waals surface area contributed by atoms with Crippen LogP contribution in [0.4, 0.5) is 5.95 Å². The van der Waals surface area contributed by atoms with E-state index >= 15 is 0 Å². The monoisotopic (exact) mass is 422 g/mol. The van der Waals surface area contributed by atoms with E-state index in [4.69, 9.17) is 14.7 Å². The molecule has 3 aromatic heterocycles. The highest BCUT2D eigenvalue weighted by atomic mass is 16.5. The Morgan fingerprint density at radius 3 is 2.50 bits per heavy atom. The zero-order valence-corrected chi connectivity index (χ0v) is 17.9. The van der Waals surface area contributed by atoms with Crippen molar-refractivity contribution in [2.75, 3.05) is 12.4 Å². The van der Waals surface area contributed by atoms with E-state index < -0.39 is 0 Å². The smallest absolute Gasteiger partial charge is 0.235 e. The van der Waals surface area contributed by atoms with E-state index in [0.29, 0.717) is 18.3 Å². The number of nitrogens with zero attached hydrogens (tertiary/aromatic N) is 5. The average molecular weight is 422 g/mol. The molecule has 0 fully saturated rings. The largest absolute Gasteiger partial charge is 0.497 e. The molecule has 0 unspecified atom stereocenters. The Morgan fingerprint density at radius 2 is 1.72 bits per heavy atom. The van der Waals surface area contributed by atoms with Gasteiger partial charge < -0.3 is 10.1 Å². The summed E-state index contributed by atoms with van der Waals surface area (Å²) in [6, 6.07) is 21.9. The van der Waals surface area contributed by atoms with E-state index in [9.17, 15) is 0 Å². The van der Waals surface area contributed by atoms with Crippen molar-refractivity contribution < 1.29 is 4.74 Å². The van der Waals surface area contributed by atoms with Gasteiger partial charge in [0, 0.05) is 30.2 Å². The number of methoxy groups -OCH3 is 1. The molecule has 0 saturated carbocycles. The fourth-order valence-corrected chi connectivity index (χ4v) is 3.56. The molecule has 2 aromatic carbocycles. The second-order valence-electron chi connectivity index (χ2n) is 7.38. The van der Waals surface area contributed by atoms with Gasteiger partial charge in [-0.3, -0.25) is 4.40 Å². The van der Waals surface area contributed by atoms with Gasteiger partial charge in [0.1, 0.15) is 17.1 Å². The number of benzene rings is 2. The van der Waals surface area contributed by atoms with Gasteiger partial charge >= 0.3 is 0 Å². The molecule has 0 radical (unpaired) electrons. The Kier molecular flexibility index (Phi) is 5.21. The number of rotatable bonds is 6. The van der Waals surface area contributed by atoms with Crippen LogP contribution in [0.3, 0.4) is 0 Å². The zero-order valence-electron chi connectivity index (χ0n) is 17.9. The molecule has 0 bridgehead atoms. The number of fused-ring (bicyclic) bond motifs is 1. The first-order valence-corrected chi connectivity index (χ1v) is 10.3. The molecule has 0 amide bonds. The predicted molar refractivity (Wildman–Crippen MR) is 125 cm³/mol. The first-order chi connectivity index (χ1) is 15.7. The SMILES string of the molecule is COc1ccc(CNc2nccc(-c3c(-c4ccccc4)nc4nc(C)ccn34)n2)cc1. The molecule has 0 aliphatic rings. The highest BCUT2D eigenvalue weighted by Gasteiger charge is 2.18. The third-order valence-corrected chi connectivity index (χ3v) is 5.19. The van der Waals surface area contributed by atoms with Crippen LogP contribution in [0, 0.1) is 6.92 Å². The van der Waals surface area contributed by atoms with Crippen molar-refractivity contribution in [1.82, 2.24) is 24.3 Å². The topological polar surface area (TPSA) is 77.2 Å². The summed E-state index contributed by atoms with van der Waals surface area (Å²) in [6.07, 6.45) is 3.74. The Bertz CT molecular complexity index is 1360. The van der Waals surface area contributed by atoms with Gasteiger partial charge in [-0.2, -0.15) is 0 Å². The van der Waals surface area contributed by atoms with E-state index in [1.54, 1.807) is 13.3 Å². The third-order valence-electron chi connectivity index (χ3n) is 5.19. The van der Waals surface area contributed by atoms with E-state index in [1.807, 2.05) is 84.3 Å². The number of hydrogen-bond donors (Lipinski definition) is 1. The van der Waals surface area contributed by atoms with Gasteiger partial charge in [0.2, 0.25) is 11.7 Å². The molecule has 0 saturated heterocycles. The molecule has 0 aliphatic carbocycles. The van der Waals surface area contributed by atoms with Crippen LogP contribution in [-0.4, -0.2) is 31.4 Å². The van der Waals surface area contributed by atoms with Gasteiger partial charge in [0.25, 0.3) is 0 Å². The minimum atomic E-state index is 0.548. The van der Waals surface area contributed by atoms with E-state index in [1.165, 1.54) is 0 Å². The number of ether oxygens (including phenoxy) is 1. The second-order valence-corrected chi connectivity index (χ2v) is 7.38. The average Bonchev–Trinajstić information content (AvgIpc) is 3.22. The molecule has 7 heteroatoms. The Morgan fingerprint density at radius 1 is 0.906 bits per heavy atom. The second kappa shape index (κ2) is 8.47. The maximum absolute atomic E-state index is 5.22. The molecule has 158 valence electrons. The van der Waals surface area contributed by atoms with Gasteiger partial charge in [-0.05, 0) is 36.8 Å². The highest BCUT2D eigenvalue weighted by Crippen LogP contribution is 2.31. The lowest BCUT2D eigenvalue weighted by molar-refractivity contribution is 0.414. The summed E-state index contributed by atoms with van der Waals surface area (Å²) in [5, 5.41) is 3.31. The van der Waals surface area contributed by atoms with Gasteiger partial charge in [-0.25, -0.2) is 19.9 Å². The molecule has 0 aliphatic heterocycles. The highest BCUT2D eigenvalue weighted by molar-refractivity contribution is 5.80. The van der Waals surface area contributed by atoms with Crippen LogP contribution in [0.1, 0.15) is 11.3 Å². The Labute approximate surface area is 185 Å². The normalized spacial score (nSPS) is 10.9. The lowest BCUT2D eigenvalue weighted by Gasteiger charge is -2.09.